The van der Waals surface area contributed by atoms with E-state index in [0.717, 1.165) is 5.56 Å². The fourth-order valence-electron chi connectivity index (χ4n) is 3.09. The summed E-state index contributed by atoms with van der Waals surface area (Å²) in [6, 6.07) is 13.3. The van der Waals surface area contributed by atoms with Crippen molar-refractivity contribution in [3.05, 3.63) is 71.0 Å². The molecule has 0 saturated carbocycles. The van der Waals surface area contributed by atoms with Crippen molar-refractivity contribution in [1.82, 2.24) is 10.2 Å². The summed E-state index contributed by atoms with van der Waals surface area (Å²) in [4.78, 5) is 26.4. The number of hydrogen-bond donors (Lipinski definition) is 1. The molecule has 0 atom stereocenters. The van der Waals surface area contributed by atoms with Gasteiger partial charge in [0.2, 0.25) is 0 Å². The molecule has 1 aliphatic rings. The van der Waals surface area contributed by atoms with E-state index in [0.29, 0.717) is 37.1 Å². The Morgan fingerprint density at radius 2 is 1.72 bits per heavy atom. The topological polar surface area (TPSA) is 49.4 Å². The van der Waals surface area contributed by atoms with Crippen molar-refractivity contribution in [2.75, 3.05) is 13.1 Å². The molecule has 2 aromatic carbocycles. The Morgan fingerprint density at radius 3 is 2.40 bits per heavy atom. The summed E-state index contributed by atoms with van der Waals surface area (Å²) in [5.41, 5.74) is 2.06. The average Bonchev–Trinajstić information content (AvgIpc) is 2.62. The molecule has 0 aromatic heterocycles. The van der Waals surface area contributed by atoms with Crippen molar-refractivity contribution >= 4 is 11.8 Å². The number of rotatable bonds is 3. The van der Waals surface area contributed by atoms with Crippen molar-refractivity contribution in [2.45, 2.75) is 25.8 Å². The highest BCUT2D eigenvalue weighted by atomic mass is 19.1. The third-order valence-electron chi connectivity index (χ3n) is 4.47. The van der Waals surface area contributed by atoms with Gasteiger partial charge in [-0.05, 0) is 50.1 Å². The van der Waals surface area contributed by atoms with Crippen LogP contribution in [0.2, 0.25) is 0 Å². The Labute approximate surface area is 146 Å². The molecule has 0 spiro atoms. The second-order valence-electron chi connectivity index (χ2n) is 6.42. The van der Waals surface area contributed by atoms with Crippen LogP contribution in [0.25, 0.3) is 0 Å². The van der Waals surface area contributed by atoms with E-state index in [-0.39, 0.29) is 17.9 Å². The van der Waals surface area contributed by atoms with Gasteiger partial charge in [0.25, 0.3) is 11.8 Å². The maximum atomic E-state index is 13.3. The molecule has 130 valence electrons. The normalized spacial score (nSPS) is 15.0. The van der Waals surface area contributed by atoms with Gasteiger partial charge in [-0.2, -0.15) is 0 Å². The Hall–Kier alpha value is -2.69. The van der Waals surface area contributed by atoms with Crippen LogP contribution in [0.3, 0.4) is 0 Å². The molecule has 1 aliphatic heterocycles. The molecule has 1 saturated heterocycles. The lowest BCUT2D eigenvalue weighted by atomic mass is 10.0. The minimum atomic E-state index is -0.411. The summed E-state index contributed by atoms with van der Waals surface area (Å²) >= 11 is 0. The number of halogens is 1. The number of carbonyl (C=O) groups excluding carboxylic acids is 2. The van der Waals surface area contributed by atoms with Crippen molar-refractivity contribution in [3.8, 4) is 0 Å². The minimum Gasteiger partial charge on any atom is -0.349 e. The van der Waals surface area contributed by atoms with Crippen LogP contribution >= 0.6 is 0 Å². The summed E-state index contributed by atoms with van der Waals surface area (Å²) in [5.74, 6) is -0.660. The van der Waals surface area contributed by atoms with Gasteiger partial charge in [-0.25, -0.2) is 4.39 Å². The van der Waals surface area contributed by atoms with Crippen LogP contribution < -0.4 is 5.32 Å². The lowest BCUT2D eigenvalue weighted by Crippen LogP contribution is -2.46. The second kappa shape index (κ2) is 7.47. The van der Waals surface area contributed by atoms with E-state index in [2.05, 4.69) is 5.32 Å². The number of hydrogen-bond acceptors (Lipinski definition) is 2. The quantitative estimate of drug-likeness (QED) is 0.933. The van der Waals surface area contributed by atoms with Gasteiger partial charge in [0.15, 0.2) is 0 Å². The maximum absolute atomic E-state index is 13.3. The number of amides is 2. The summed E-state index contributed by atoms with van der Waals surface area (Å²) in [6.07, 6.45) is 1.39. The van der Waals surface area contributed by atoms with Crippen LogP contribution in [0.1, 0.15) is 39.1 Å². The van der Waals surface area contributed by atoms with Crippen LogP contribution in [0.15, 0.2) is 48.5 Å². The van der Waals surface area contributed by atoms with Gasteiger partial charge in [-0.1, -0.05) is 23.8 Å². The third kappa shape index (κ3) is 4.24. The molecule has 1 heterocycles. The van der Waals surface area contributed by atoms with Crippen molar-refractivity contribution in [1.29, 1.82) is 0 Å². The Balaban J connectivity index is 1.55. The molecule has 2 aromatic rings. The number of carbonyl (C=O) groups is 2. The third-order valence-corrected chi connectivity index (χ3v) is 4.47. The molecule has 0 unspecified atom stereocenters. The Kier molecular flexibility index (Phi) is 5.12. The van der Waals surface area contributed by atoms with Gasteiger partial charge < -0.3 is 10.2 Å². The molecule has 5 heteroatoms. The molecule has 0 aliphatic carbocycles. The number of likely N-dealkylation sites (tertiary alicyclic amines) is 1. The van der Waals surface area contributed by atoms with Crippen molar-refractivity contribution in [3.63, 3.8) is 0 Å². The highest BCUT2D eigenvalue weighted by molar-refractivity contribution is 5.95. The monoisotopic (exact) mass is 340 g/mol. The van der Waals surface area contributed by atoms with E-state index in [1.807, 2.05) is 25.1 Å². The SMILES string of the molecule is Cc1cccc(C(=O)NC2CCN(C(=O)c3cccc(F)c3)CC2)c1. The first-order valence-corrected chi connectivity index (χ1v) is 8.45. The van der Waals surface area contributed by atoms with Gasteiger partial charge in [0.05, 0.1) is 0 Å². The number of nitrogens with one attached hydrogen (secondary N) is 1. The summed E-state index contributed by atoms with van der Waals surface area (Å²) in [7, 11) is 0. The van der Waals surface area contributed by atoms with Crippen LogP contribution in [0.5, 0.6) is 0 Å². The Morgan fingerprint density at radius 1 is 1.04 bits per heavy atom. The van der Waals surface area contributed by atoms with E-state index in [1.54, 1.807) is 17.0 Å². The number of nitrogens with zero attached hydrogens (tertiary/aromatic N) is 1. The minimum absolute atomic E-state index is 0.0459. The average molecular weight is 340 g/mol. The smallest absolute Gasteiger partial charge is 0.253 e. The molecule has 25 heavy (non-hydrogen) atoms. The number of benzene rings is 2. The largest absolute Gasteiger partial charge is 0.349 e. The highest BCUT2D eigenvalue weighted by Crippen LogP contribution is 2.15. The number of aryl methyl sites for hydroxylation is 1. The fraction of sp³-hybridized carbons (Fsp3) is 0.300. The van der Waals surface area contributed by atoms with E-state index in [1.165, 1.54) is 18.2 Å². The fourth-order valence-corrected chi connectivity index (χ4v) is 3.09. The molecule has 1 fully saturated rings. The molecule has 0 bridgehead atoms. The zero-order chi connectivity index (χ0) is 17.8. The van der Waals surface area contributed by atoms with E-state index in [9.17, 15) is 14.0 Å². The standard InChI is InChI=1S/C20H21FN2O2/c1-14-4-2-5-15(12-14)19(24)22-18-8-10-23(11-9-18)20(25)16-6-3-7-17(21)13-16/h2-7,12-13,18H,8-11H2,1H3,(H,22,24). The molecule has 3 rings (SSSR count). The molecule has 1 N–H and O–H groups in total. The van der Waals surface area contributed by atoms with Crippen LogP contribution in [-0.2, 0) is 0 Å². The predicted molar refractivity (Wildman–Crippen MR) is 94.0 cm³/mol. The maximum Gasteiger partial charge on any atom is 0.253 e. The van der Waals surface area contributed by atoms with Crippen molar-refractivity contribution in [2.24, 2.45) is 0 Å². The van der Waals surface area contributed by atoms with Crippen LogP contribution in [0, 0.1) is 12.7 Å². The highest BCUT2D eigenvalue weighted by Gasteiger charge is 2.25. The molecular weight excluding hydrogens is 319 g/mol. The molecule has 2 amide bonds. The Bertz CT molecular complexity index is 783. The lowest BCUT2D eigenvalue weighted by Gasteiger charge is -2.32. The molecular formula is C20H21FN2O2. The van der Waals surface area contributed by atoms with Gasteiger partial charge >= 0.3 is 0 Å². The first-order valence-electron chi connectivity index (χ1n) is 8.45. The van der Waals surface area contributed by atoms with Gasteiger partial charge in [0.1, 0.15) is 5.82 Å². The van der Waals surface area contributed by atoms with E-state index in [4.69, 9.17) is 0 Å². The van der Waals surface area contributed by atoms with E-state index >= 15 is 0 Å². The zero-order valence-corrected chi connectivity index (χ0v) is 14.2. The van der Waals surface area contributed by atoms with Crippen molar-refractivity contribution < 1.29 is 14.0 Å². The van der Waals surface area contributed by atoms with Gasteiger partial charge in [-0.3, -0.25) is 9.59 Å². The number of piperidine rings is 1. The first kappa shape index (κ1) is 17.1. The zero-order valence-electron chi connectivity index (χ0n) is 14.2. The summed E-state index contributed by atoms with van der Waals surface area (Å²) < 4.78 is 13.3. The molecule has 0 radical (unpaired) electrons. The first-order chi connectivity index (χ1) is 12.0. The van der Waals surface area contributed by atoms with E-state index < -0.39 is 5.82 Å². The lowest BCUT2D eigenvalue weighted by molar-refractivity contribution is 0.0697. The van der Waals surface area contributed by atoms with Crippen LogP contribution in [-0.4, -0.2) is 35.8 Å². The van der Waals surface area contributed by atoms with Gasteiger partial charge in [0, 0.05) is 30.3 Å². The van der Waals surface area contributed by atoms with Crippen LogP contribution in [0.4, 0.5) is 4.39 Å². The summed E-state index contributed by atoms with van der Waals surface area (Å²) in [5, 5.41) is 3.03. The second-order valence-corrected chi connectivity index (χ2v) is 6.42. The van der Waals surface area contributed by atoms with Gasteiger partial charge in [-0.15, -0.1) is 0 Å². The summed E-state index contributed by atoms with van der Waals surface area (Å²) in [6.45, 7) is 3.05. The molecule has 4 nitrogen and oxygen atoms in total. The predicted octanol–water partition coefficient (Wildman–Crippen LogP) is 3.17.